The third-order valence-electron chi connectivity index (χ3n) is 3.41. The lowest BCUT2D eigenvalue weighted by Crippen LogP contribution is -2.16. The molecule has 2 nitrogen and oxygen atoms in total. The highest BCUT2D eigenvalue weighted by atomic mass is 14.9. The zero-order valence-corrected chi connectivity index (χ0v) is 12.2. The van der Waals surface area contributed by atoms with Crippen LogP contribution in [0, 0.1) is 0 Å². The molecule has 2 aromatic carbocycles. The zero-order chi connectivity index (χ0) is 14.2. The van der Waals surface area contributed by atoms with Crippen LogP contribution in [0.4, 0.5) is 5.69 Å². The third kappa shape index (κ3) is 4.71. The molecule has 2 heteroatoms. The van der Waals surface area contributed by atoms with E-state index in [4.69, 9.17) is 5.73 Å². The van der Waals surface area contributed by atoms with Gasteiger partial charge in [0.15, 0.2) is 0 Å². The standard InChI is InChI=1S/C18H24N2/c1-15(19)8-7-13-20-18-12-6-5-11-17(18)14-16-9-3-2-4-10-16/h2-6,9-12,15,20H,7-8,13-14,19H2,1H3. The van der Waals surface area contributed by atoms with Crippen molar-refractivity contribution in [2.45, 2.75) is 32.2 Å². The predicted molar refractivity (Wildman–Crippen MR) is 87.1 cm³/mol. The molecular weight excluding hydrogens is 244 g/mol. The monoisotopic (exact) mass is 268 g/mol. The Bertz CT molecular complexity index is 506. The molecule has 2 aromatic rings. The van der Waals surface area contributed by atoms with E-state index in [1.807, 2.05) is 0 Å². The van der Waals surface area contributed by atoms with Crippen LogP contribution in [0.5, 0.6) is 0 Å². The molecule has 3 N–H and O–H groups in total. The molecule has 2 rings (SSSR count). The van der Waals surface area contributed by atoms with Crippen LogP contribution in [0.15, 0.2) is 54.6 Å². The van der Waals surface area contributed by atoms with Gasteiger partial charge in [-0.25, -0.2) is 0 Å². The van der Waals surface area contributed by atoms with Gasteiger partial charge in [-0.1, -0.05) is 48.5 Å². The Kier molecular flexibility index (Phi) is 5.63. The summed E-state index contributed by atoms with van der Waals surface area (Å²) in [5.41, 5.74) is 9.70. The Balaban J connectivity index is 1.96. The van der Waals surface area contributed by atoms with Gasteiger partial charge in [0.25, 0.3) is 0 Å². The maximum absolute atomic E-state index is 5.78. The van der Waals surface area contributed by atoms with E-state index < -0.39 is 0 Å². The van der Waals surface area contributed by atoms with Crippen LogP contribution in [-0.4, -0.2) is 12.6 Å². The number of para-hydroxylation sites is 1. The van der Waals surface area contributed by atoms with E-state index >= 15 is 0 Å². The molecule has 1 unspecified atom stereocenters. The first-order valence-corrected chi connectivity index (χ1v) is 7.37. The van der Waals surface area contributed by atoms with Crippen molar-refractivity contribution in [3.05, 3.63) is 65.7 Å². The second-order valence-electron chi connectivity index (χ2n) is 5.37. The Morgan fingerprint density at radius 3 is 2.45 bits per heavy atom. The van der Waals surface area contributed by atoms with Gasteiger partial charge in [-0.15, -0.1) is 0 Å². The number of rotatable bonds is 7. The van der Waals surface area contributed by atoms with Gasteiger partial charge in [-0.05, 0) is 43.4 Å². The van der Waals surface area contributed by atoms with Crippen LogP contribution in [0.2, 0.25) is 0 Å². The summed E-state index contributed by atoms with van der Waals surface area (Å²) in [5.74, 6) is 0. The van der Waals surface area contributed by atoms with Crippen molar-refractivity contribution in [3.8, 4) is 0 Å². The number of benzene rings is 2. The Morgan fingerprint density at radius 1 is 1.00 bits per heavy atom. The SMILES string of the molecule is CC(N)CCCNc1ccccc1Cc1ccccc1. The summed E-state index contributed by atoms with van der Waals surface area (Å²) in [6, 6.07) is 19.4. The molecule has 20 heavy (non-hydrogen) atoms. The zero-order valence-electron chi connectivity index (χ0n) is 12.2. The van der Waals surface area contributed by atoms with Gasteiger partial charge in [0, 0.05) is 18.3 Å². The summed E-state index contributed by atoms with van der Waals surface area (Å²) in [6.45, 7) is 3.04. The summed E-state index contributed by atoms with van der Waals surface area (Å²) in [4.78, 5) is 0. The number of hydrogen-bond donors (Lipinski definition) is 2. The fourth-order valence-corrected chi connectivity index (χ4v) is 2.31. The minimum absolute atomic E-state index is 0.288. The number of anilines is 1. The maximum atomic E-state index is 5.78. The van der Waals surface area contributed by atoms with E-state index in [0.717, 1.165) is 25.8 Å². The Hall–Kier alpha value is -1.80. The van der Waals surface area contributed by atoms with E-state index in [0.29, 0.717) is 0 Å². The van der Waals surface area contributed by atoms with Gasteiger partial charge in [-0.2, -0.15) is 0 Å². The molecule has 0 aliphatic heterocycles. The van der Waals surface area contributed by atoms with Crippen LogP contribution >= 0.6 is 0 Å². The average molecular weight is 268 g/mol. The number of nitrogens with two attached hydrogens (primary N) is 1. The first-order valence-electron chi connectivity index (χ1n) is 7.37. The first-order chi connectivity index (χ1) is 9.75. The first kappa shape index (κ1) is 14.6. The molecule has 0 bridgehead atoms. The summed E-state index contributed by atoms with van der Waals surface area (Å²) in [5, 5.41) is 3.53. The topological polar surface area (TPSA) is 38.0 Å². The van der Waals surface area contributed by atoms with Crippen molar-refractivity contribution in [1.82, 2.24) is 0 Å². The van der Waals surface area contributed by atoms with Crippen LogP contribution in [0.1, 0.15) is 30.9 Å². The van der Waals surface area contributed by atoms with Crippen LogP contribution < -0.4 is 11.1 Å². The van der Waals surface area contributed by atoms with Crippen molar-refractivity contribution in [2.24, 2.45) is 5.73 Å². The van der Waals surface area contributed by atoms with Crippen molar-refractivity contribution in [3.63, 3.8) is 0 Å². The van der Waals surface area contributed by atoms with Gasteiger partial charge < -0.3 is 11.1 Å². The van der Waals surface area contributed by atoms with Crippen LogP contribution in [0.25, 0.3) is 0 Å². The number of nitrogens with one attached hydrogen (secondary N) is 1. The van der Waals surface area contributed by atoms with E-state index in [9.17, 15) is 0 Å². The van der Waals surface area contributed by atoms with Crippen molar-refractivity contribution >= 4 is 5.69 Å². The van der Waals surface area contributed by atoms with Gasteiger partial charge in [0.1, 0.15) is 0 Å². The van der Waals surface area contributed by atoms with Gasteiger partial charge in [0.05, 0.1) is 0 Å². The molecule has 0 radical (unpaired) electrons. The smallest absolute Gasteiger partial charge is 0.0376 e. The predicted octanol–water partition coefficient (Wildman–Crippen LogP) is 3.82. The Labute approximate surface area is 122 Å². The molecule has 0 fully saturated rings. The van der Waals surface area contributed by atoms with Crippen molar-refractivity contribution in [1.29, 1.82) is 0 Å². The van der Waals surface area contributed by atoms with Crippen molar-refractivity contribution < 1.29 is 0 Å². The highest BCUT2D eigenvalue weighted by Gasteiger charge is 2.02. The normalized spacial score (nSPS) is 12.1. The van der Waals surface area contributed by atoms with E-state index in [1.165, 1.54) is 16.8 Å². The number of hydrogen-bond acceptors (Lipinski definition) is 2. The molecule has 0 aromatic heterocycles. The van der Waals surface area contributed by atoms with Gasteiger partial charge in [0.2, 0.25) is 0 Å². The highest BCUT2D eigenvalue weighted by molar-refractivity contribution is 5.52. The Morgan fingerprint density at radius 2 is 1.70 bits per heavy atom. The lowest BCUT2D eigenvalue weighted by molar-refractivity contribution is 0.639. The molecule has 0 aliphatic carbocycles. The molecule has 1 atom stereocenters. The quantitative estimate of drug-likeness (QED) is 0.749. The lowest BCUT2D eigenvalue weighted by Gasteiger charge is -2.13. The average Bonchev–Trinajstić information content (AvgIpc) is 2.46. The summed E-state index contributed by atoms with van der Waals surface area (Å²) >= 11 is 0. The minimum atomic E-state index is 0.288. The van der Waals surface area contributed by atoms with Crippen molar-refractivity contribution in [2.75, 3.05) is 11.9 Å². The van der Waals surface area contributed by atoms with Crippen LogP contribution in [-0.2, 0) is 6.42 Å². The largest absolute Gasteiger partial charge is 0.385 e. The molecule has 106 valence electrons. The van der Waals surface area contributed by atoms with E-state index in [-0.39, 0.29) is 6.04 Å². The van der Waals surface area contributed by atoms with Gasteiger partial charge in [-0.3, -0.25) is 0 Å². The van der Waals surface area contributed by atoms with E-state index in [2.05, 4.69) is 66.8 Å². The molecule has 0 aliphatic rings. The van der Waals surface area contributed by atoms with Gasteiger partial charge >= 0.3 is 0 Å². The second kappa shape index (κ2) is 7.71. The second-order valence-corrected chi connectivity index (χ2v) is 5.37. The maximum Gasteiger partial charge on any atom is 0.0376 e. The molecular formula is C18H24N2. The molecule has 0 heterocycles. The molecule has 0 amide bonds. The fourth-order valence-electron chi connectivity index (χ4n) is 2.31. The van der Waals surface area contributed by atoms with E-state index in [1.54, 1.807) is 0 Å². The minimum Gasteiger partial charge on any atom is -0.385 e. The molecule has 0 saturated heterocycles. The lowest BCUT2D eigenvalue weighted by atomic mass is 10.0. The van der Waals surface area contributed by atoms with Crippen LogP contribution in [0.3, 0.4) is 0 Å². The summed E-state index contributed by atoms with van der Waals surface area (Å²) < 4.78 is 0. The summed E-state index contributed by atoms with van der Waals surface area (Å²) in [7, 11) is 0. The highest BCUT2D eigenvalue weighted by Crippen LogP contribution is 2.19. The molecule has 0 saturated carbocycles. The summed E-state index contributed by atoms with van der Waals surface area (Å²) in [6.07, 6.45) is 3.14. The fraction of sp³-hybridized carbons (Fsp3) is 0.333. The third-order valence-corrected chi connectivity index (χ3v) is 3.41. The molecule has 0 spiro atoms.